The first-order valence-electron chi connectivity index (χ1n) is 3.61. The normalized spacial score (nSPS) is 9.70. The molecule has 0 saturated carbocycles. The average Bonchev–Trinajstić information content (AvgIpc) is 1.95. The molecular weight excluding hydrogens is 124 g/mol. The molecule has 0 bridgehead atoms. The van der Waals surface area contributed by atoms with Gasteiger partial charge in [-0.25, -0.2) is 0 Å². The molecule has 0 saturated heterocycles. The van der Waals surface area contributed by atoms with E-state index in [2.05, 4.69) is 6.92 Å². The molecule has 0 amide bonds. The highest BCUT2D eigenvalue weighted by atomic mass is 16.3. The highest BCUT2D eigenvalue weighted by molar-refractivity contribution is 5.25. The fourth-order valence-electron chi connectivity index (χ4n) is 0.951. The Bertz CT molecular complexity index is 193. The van der Waals surface area contributed by atoms with Gasteiger partial charge in [0.2, 0.25) is 0 Å². The van der Waals surface area contributed by atoms with Gasteiger partial charge >= 0.3 is 0 Å². The van der Waals surface area contributed by atoms with Crippen molar-refractivity contribution in [2.75, 3.05) is 0 Å². The molecule has 1 nitrogen and oxygen atoms in total. The summed E-state index contributed by atoms with van der Waals surface area (Å²) >= 11 is 0. The number of hydrogen-bond acceptors (Lipinski definition) is 1. The highest BCUT2D eigenvalue weighted by Gasteiger charge is 1.89. The van der Waals surface area contributed by atoms with Gasteiger partial charge in [-0.15, -0.1) is 0 Å². The molecule has 1 aromatic carbocycles. The fraction of sp³-hybridized carbons (Fsp3) is 0.333. The summed E-state index contributed by atoms with van der Waals surface area (Å²) < 4.78 is 0. The second-order valence-electron chi connectivity index (χ2n) is 2.42. The van der Waals surface area contributed by atoms with Crippen LogP contribution in [0.15, 0.2) is 24.3 Å². The van der Waals surface area contributed by atoms with Crippen molar-refractivity contribution in [3.63, 3.8) is 0 Å². The molecule has 1 heteroatoms. The highest BCUT2D eigenvalue weighted by Crippen LogP contribution is 2.10. The van der Waals surface area contributed by atoms with Crippen LogP contribution in [0.1, 0.15) is 20.3 Å². The van der Waals surface area contributed by atoms with Crippen LogP contribution in [0.2, 0.25) is 0 Å². The number of aryl methyl sites for hydroxylation is 1. The first-order valence-corrected chi connectivity index (χ1v) is 3.61. The lowest BCUT2D eigenvalue weighted by Gasteiger charge is -1.96. The van der Waals surface area contributed by atoms with Crippen molar-refractivity contribution < 1.29 is 6.53 Å². The van der Waals surface area contributed by atoms with Crippen molar-refractivity contribution in [2.24, 2.45) is 0 Å². The first-order chi connectivity index (χ1) is 4.83. The Hall–Kier alpha value is -0.980. The maximum atomic E-state index is 8.92. The largest absolute Gasteiger partial charge is 0.508 e. The van der Waals surface area contributed by atoms with E-state index in [-0.39, 0.29) is 1.43 Å². The Morgan fingerprint density at radius 2 is 1.90 bits per heavy atom. The molecule has 0 atom stereocenters. The van der Waals surface area contributed by atoms with E-state index in [1.165, 1.54) is 5.56 Å². The minimum absolute atomic E-state index is 0. The molecule has 0 spiro atoms. The molecule has 0 fully saturated rings. The number of rotatable bonds is 2. The van der Waals surface area contributed by atoms with E-state index in [1.807, 2.05) is 12.1 Å². The van der Waals surface area contributed by atoms with E-state index >= 15 is 0 Å². The maximum absolute atomic E-state index is 8.92. The molecule has 0 unspecified atom stereocenters. The number of phenolic OH excluding ortho intramolecular Hbond substituents is 1. The van der Waals surface area contributed by atoms with Gasteiger partial charge < -0.3 is 5.11 Å². The van der Waals surface area contributed by atoms with E-state index in [9.17, 15) is 0 Å². The predicted octanol–water partition coefficient (Wildman–Crippen LogP) is 2.59. The van der Waals surface area contributed by atoms with E-state index in [0.29, 0.717) is 5.75 Å². The fourth-order valence-corrected chi connectivity index (χ4v) is 0.951. The SMILES string of the molecule is CCCc1ccc(O)cc1.[HH]. The summed E-state index contributed by atoms with van der Waals surface area (Å²) in [6, 6.07) is 7.37. The topological polar surface area (TPSA) is 20.2 Å². The Morgan fingerprint density at radius 3 is 2.40 bits per heavy atom. The van der Waals surface area contributed by atoms with Crippen molar-refractivity contribution in [3.05, 3.63) is 29.8 Å². The molecule has 0 aliphatic rings. The summed E-state index contributed by atoms with van der Waals surface area (Å²) in [6.45, 7) is 2.15. The Balaban J connectivity index is 0.000001000. The van der Waals surface area contributed by atoms with Gasteiger partial charge in [-0.05, 0) is 24.1 Å². The first kappa shape index (κ1) is 7.13. The summed E-state index contributed by atoms with van der Waals surface area (Å²) in [7, 11) is 0. The molecule has 1 N–H and O–H groups in total. The lowest BCUT2D eigenvalue weighted by atomic mass is 10.1. The molecule has 10 heavy (non-hydrogen) atoms. The predicted molar refractivity (Wildman–Crippen MR) is 44.2 cm³/mol. The third kappa shape index (κ3) is 1.76. The van der Waals surface area contributed by atoms with Crippen LogP contribution in [-0.2, 0) is 6.42 Å². The Morgan fingerprint density at radius 1 is 1.30 bits per heavy atom. The lowest BCUT2D eigenvalue weighted by molar-refractivity contribution is 0.475. The minimum Gasteiger partial charge on any atom is -0.508 e. The van der Waals surface area contributed by atoms with Crippen molar-refractivity contribution in [1.29, 1.82) is 0 Å². The second-order valence-corrected chi connectivity index (χ2v) is 2.42. The van der Waals surface area contributed by atoms with Crippen molar-refractivity contribution >= 4 is 0 Å². The van der Waals surface area contributed by atoms with Gasteiger partial charge in [-0.2, -0.15) is 0 Å². The third-order valence-corrected chi connectivity index (χ3v) is 1.48. The number of benzene rings is 1. The standard InChI is InChI=1S/C9H12O.H2/c1-2-3-8-4-6-9(10)7-5-8;/h4-7,10H,2-3H2,1H3;1H. The quantitative estimate of drug-likeness (QED) is 0.666. The number of hydrogen-bond donors (Lipinski definition) is 1. The monoisotopic (exact) mass is 138 g/mol. The van der Waals surface area contributed by atoms with Gasteiger partial charge in [0, 0.05) is 1.43 Å². The van der Waals surface area contributed by atoms with E-state index in [1.54, 1.807) is 12.1 Å². The number of aromatic hydroxyl groups is 1. The van der Waals surface area contributed by atoms with Crippen LogP contribution >= 0.6 is 0 Å². The van der Waals surface area contributed by atoms with Gasteiger partial charge in [0.1, 0.15) is 5.75 Å². The minimum atomic E-state index is 0. The van der Waals surface area contributed by atoms with Gasteiger partial charge in [-0.3, -0.25) is 0 Å². The summed E-state index contributed by atoms with van der Waals surface area (Å²) in [5, 5.41) is 8.92. The molecule has 0 aliphatic carbocycles. The van der Waals surface area contributed by atoms with Crippen molar-refractivity contribution in [1.82, 2.24) is 0 Å². The summed E-state index contributed by atoms with van der Waals surface area (Å²) in [4.78, 5) is 0. The lowest BCUT2D eigenvalue weighted by Crippen LogP contribution is -1.79. The van der Waals surface area contributed by atoms with Crippen molar-refractivity contribution in [2.45, 2.75) is 19.8 Å². The van der Waals surface area contributed by atoms with Crippen LogP contribution < -0.4 is 0 Å². The third-order valence-electron chi connectivity index (χ3n) is 1.48. The summed E-state index contributed by atoms with van der Waals surface area (Å²) in [5.41, 5.74) is 1.29. The van der Waals surface area contributed by atoms with Gasteiger partial charge in [0.15, 0.2) is 0 Å². The summed E-state index contributed by atoms with van der Waals surface area (Å²) in [5.74, 6) is 0.347. The van der Waals surface area contributed by atoms with Crippen LogP contribution in [0, 0.1) is 0 Å². The molecule has 56 valence electrons. The zero-order valence-electron chi connectivity index (χ0n) is 6.17. The second kappa shape index (κ2) is 3.25. The zero-order chi connectivity index (χ0) is 7.40. The molecule has 0 radical (unpaired) electrons. The van der Waals surface area contributed by atoms with Crippen LogP contribution in [0.4, 0.5) is 0 Å². The van der Waals surface area contributed by atoms with Crippen molar-refractivity contribution in [3.8, 4) is 5.75 Å². The Labute approximate surface area is 62.8 Å². The van der Waals surface area contributed by atoms with Crippen LogP contribution in [0.3, 0.4) is 0 Å². The average molecular weight is 138 g/mol. The molecule has 0 aromatic heterocycles. The maximum Gasteiger partial charge on any atom is 0.115 e. The smallest absolute Gasteiger partial charge is 0.115 e. The summed E-state index contributed by atoms with van der Waals surface area (Å²) in [6.07, 6.45) is 2.26. The van der Waals surface area contributed by atoms with Crippen LogP contribution in [0.25, 0.3) is 0 Å². The molecule has 0 heterocycles. The molecule has 1 aromatic rings. The number of phenols is 1. The van der Waals surface area contributed by atoms with Gasteiger partial charge in [0.25, 0.3) is 0 Å². The zero-order valence-corrected chi connectivity index (χ0v) is 6.17. The Kier molecular flexibility index (Phi) is 2.32. The van der Waals surface area contributed by atoms with Crippen LogP contribution in [0.5, 0.6) is 5.75 Å². The van der Waals surface area contributed by atoms with E-state index in [4.69, 9.17) is 5.11 Å². The molecular formula is C9H14O. The van der Waals surface area contributed by atoms with E-state index < -0.39 is 0 Å². The molecule has 0 aliphatic heterocycles. The van der Waals surface area contributed by atoms with Gasteiger partial charge in [0.05, 0.1) is 0 Å². The molecule has 1 rings (SSSR count). The van der Waals surface area contributed by atoms with Crippen LogP contribution in [-0.4, -0.2) is 5.11 Å². The van der Waals surface area contributed by atoms with E-state index in [0.717, 1.165) is 12.8 Å². The van der Waals surface area contributed by atoms with Gasteiger partial charge in [-0.1, -0.05) is 25.5 Å².